The van der Waals surface area contributed by atoms with Gasteiger partial charge in [-0.1, -0.05) is 6.07 Å². The molecule has 0 radical (unpaired) electrons. The van der Waals surface area contributed by atoms with Crippen molar-refractivity contribution in [3.8, 4) is 11.8 Å². The number of nitrogens with one attached hydrogen (secondary N) is 1. The summed E-state index contributed by atoms with van der Waals surface area (Å²) in [6.07, 6.45) is 0. The Morgan fingerprint density at radius 2 is 2.00 bits per heavy atom. The van der Waals surface area contributed by atoms with Crippen LogP contribution >= 0.6 is 0 Å². The second-order valence-electron chi connectivity index (χ2n) is 4.70. The van der Waals surface area contributed by atoms with Gasteiger partial charge in [-0.25, -0.2) is 4.39 Å². The third kappa shape index (κ3) is 3.77. The van der Waals surface area contributed by atoms with Gasteiger partial charge < -0.3 is 15.0 Å². The molecule has 21 heavy (non-hydrogen) atoms. The van der Waals surface area contributed by atoms with Crippen LogP contribution < -0.4 is 15.0 Å². The highest BCUT2D eigenvalue weighted by Crippen LogP contribution is 2.24. The molecule has 0 aliphatic rings. The Labute approximate surface area is 123 Å². The van der Waals surface area contributed by atoms with Gasteiger partial charge in [0.2, 0.25) is 11.9 Å². The van der Waals surface area contributed by atoms with Crippen molar-refractivity contribution in [3.05, 3.63) is 29.6 Å². The summed E-state index contributed by atoms with van der Waals surface area (Å²) in [6, 6.07) is 4.67. The van der Waals surface area contributed by atoms with Crippen molar-refractivity contribution in [2.75, 3.05) is 30.9 Å². The van der Waals surface area contributed by atoms with E-state index in [9.17, 15) is 4.39 Å². The molecular weight excluding hydrogens is 273 g/mol. The lowest BCUT2D eigenvalue weighted by Gasteiger charge is -2.13. The minimum Gasteiger partial charge on any atom is -0.421 e. The molecule has 0 saturated carbocycles. The summed E-state index contributed by atoms with van der Waals surface area (Å²) in [4.78, 5) is 14.2. The number of anilines is 2. The molecule has 0 bridgehead atoms. The molecule has 0 amide bonds. The highest BCUT2D eigenvalue weighted by atomic mass is 19.1. The van der Waals surface area contributed by atoms with Crippen LogP contribution in [0.2, 0.25) is 0 Å². The van der Waals surface area contributed by atoms with Crippen LogP contribution in [0.4, 0.5) is 16.3 Å². The average Bonchev–Trinajstić information content (AvgIpc) is 2.43. The van der Waals surface area contributed by atoms with E-state index >= 15 is 0 Å². The third-order valence-corrected chi connectivity index (χ3v) is 2.63. The van der Waals surface area contributed by atoms with Gasteiger partial charge in [-0.2, -0.15) is 15.0 Å². The van der Waals surface area contributed by atoms with Crippen LogP contribution in [0.15, 0.2) is 18.2 Å². The maximum atomic E-state index is 13.7. The number of rotatable bonds is 5. The largest absolute Gasteiger partial charge is 0.421 e. The molecule has 0 fully saturated rings. The highest BCUT2D eigenvalue weighted by Gasteiger charge is 2.12. The van der Waals surface area contributed by atoms with Gasteiger partial charge in [0, 0.05) is 20.6 Å². The zero-order valence-corrected chi connectivity index (χ0v) is 12.5. The van der Waals surface area contributed by atoms with Crippen LogP contribution in [0.5, 0.6) is 11.8 Å². The van der Waals surface area contributed by atoms with Gasteiger partial charge in [-0.3, -0.25) is 0 Å². The SMILES string of the molecule is CCNc1nc(Oc2cc(C)ccc2F)nc(N(C)C)n1. The lowest BCUT2D eigenvalue weighted by Crippen LogP contribution is -2.15. The highest BCUT2D eigenvalue weighted by molar-refractivity contribution is 5.38. The Balaban J connectivity index is 2.36. The second kappa shape index (κ2) is 6.34. The fourth-order valence-corrected chi connectivity index (χ4v) is 1.62. The van der Waals surface area contributed by atoms with Gasteiger partial charge in [0.15, 0.2) is 11.6 Å². The molecule has 2 rings (SSSR count). The van der Waals surface area contributed by atoms with E-state index in [2.05, 4.69) is 20.3 Å². The fraction of sp³-hybridized carbons (Fsp3) is 0.357. The topological polar surface area (TPSA) is 63.2 Å². The molecule has 1 N–H and O–H groups in total. The molecule has 1 aromatic heterocycles. The number of hydrogen-bond donors (Lipinski definition) is 1. The predicted octanol–water partition coefficient (Wildman–Crippen LogP) is 2.61. The number of ether oxygens (including phenoxy) is 1. The molecule has 0 aliphatic heterocycles. The molecule has 0 saturated heterocycles. The first kappa shape index (κ1) is 15.0. The third-order valence-electron chi connectivity index (χ3n) is 2.63. The number of aryl methyl sites for hydroxylation is 1. The number of aromatic nitrogens is 3. The molecule has 7 heteroatoms. The van der Waals surface area contributed by atoms with Gasteiger partial charge in [0.1, 0.15) is 0 Å². The summed E-state index contributed by atoms with van der Waals surface area (Å²) < 4.78 is 19.2. The molecule has 0 aliphatic carbocycles. The summed E-state index contributed by atoms with van der Waals surface area (Å²) in [7, 11) is 3.62. The molecule has 1 heterocycles. The molecule has 0 unspecified atom stereocenters. The van der Waals surface area contributed by atoms with Crippen molar-refractivity contribution in [1.82, 2.24) is 15.0 Å². The lowest BCUT2D eigenvalue weighted by molar-refractivity contribution is 0.410. The monoisotopic (exact) mass is 291 g/mol. The van der Waals surface area contributed by atoms with Gasteiger partial charge in [-0.15, -0.1) is 0 Å². The zero-order chi connectivity index (χ0) is 15.4. The number of halogens is 1. The molecule has 0 atom stereocenters. The van der Waals surface area contributed by atoms with Gasteiger partial charge in [-0.05, 0) is 31.5 Å². The Morgan fingerprint density at radius 1 is 1.24 bits per heavy atom. The molecule has 6 nitrogen and oxygen atoms in total. The van der Waals surface area contributed by atoms with Crippen molar-refractivity contribution in [3.63, 3.8) is 0 Å². The van der Waals surface area contributed by atoms with Crippen molar-refractivity contribution in [2.45, 2.75) is 13.8 Å². The van der Waals surface area contributed by atoms with Crippen LogP contribution in [0.3, 0.4) is 0 Å². The summed E-state index contributed by atoms with van der Waals surface area (Å²) in [5.74, 6) is 0.453. The quantitative estimate of drug-likeness (QED) is 0.913. The molecular formula is C14H18FN5O. The van der Waals surface area contributed by atoms with E-state index in [1.165, 1.54) is 6.07 Å². The molecule has 1 aromatic carbocycles. The van der Waals surface area contributed by atoms with E-state index in [1.54, 1.807) is 17.0 Å². The average molecular weight is 291 g/mol. The Morgan fingerprint density at radius 3 is 2.67 bits per heavy atom. The van der Waals surface area contributed by atoms with Gasteiger partial charge in [0.05, 0.1) is 0 Å². The minimum absolute atomic E-state index is 0.0501. The van der Waals surface area contributed by atoms with E-state index in [0.717, 1.165) is 5.56 Å². The number of nitrogens with zero attached hydrogens (tertiary/aromatic N) is 4. The van der Waals surface area contributed by atoms with Gasteiger partial charge >= 0.3 is 6.01 Å². The smallest absolute Gasteiger partial charge is 0.328 e. The van der Waals surface area contributed by atoms with Gasteiger partial charge in [0.25, 0.3) is 0 Å². The van der Waals surface area contributed by atoms with Crippen LogP contribution in [0, 0.1) is 12.7 Å². The van der Waals surface area contributed by atoms with Crippen molar-refractivity contribution < 1.29 is 9.13 Å². The van der Waals surface area contributed by atoms with Crippen molar-refractivity contribution in [1.29, 1.82) is 0 Å². The van der Waals surface area contributed by atoms with Crippen LogP contribution in [0.25, 0.3) is 0 Å². The molecule has 2 aromatic rings. The lowest BCUT2D eigenvalue weighted by atomic mass is 10.2. The first-order chi connectivity index (χ1) is 9.99. The second-order valence-corrected chi connectivity index (χ2v) is 4.70. The van der Waals surface area contributed by atoms with E-state index in [4.69, 9.17) is 4.74 Å². The summed E-state index contributed by atoms with van der Waals surface area (Å²) in [6.45, 7) is 4.45. The fourth-order valence-electron chi connectivity index (χ4n) is 1.62. The standard InChI is InChI=1S/C14H18FN5O/c1-5-16-12-17-13(20(3)4)19-14(18-12)21-11-8-9(2)6-7-10(11)15/h6-8H,5H2,1-4H3,(H,16,17,18,19). The summed E-state index contributed by atoms with van der Waals surface area (Å²) >= 11 is 0. The molecule has 0 spiro atoms. The maximum Gasteiger partial charge on any atom is 0.328 e. The van der Waals surface area contributed by atoms with E-state index in [0.29, 0.717) is 18.4 Å². The predicted molar refractivity (Wildman–Crippen MR) is 79.5 cm³/mol. The van der Waals surface area contributed by atoms with E-state index < -0.39 is 5.82 Å². The summed E-state index contributed by atoms with van der Waals surface area (Å²) in [5.41, 5.74) is 0.889. The van der Waals surface area contributed by atoms with Crippen LogP contribution in [0.1, 0.15) is 12.5 Å². The van der Waals surface area contributed by atoms with E-state index in [-0.39, 0.29) is 11.8 Å². The summed E-state index contributed by atoms with van der Waals surface area (Å²) in [5, 5.41) is 2.99. The Kier molecular flexibility index (Phi) is 4.52. The Hall–Kier alpha value is -2.44. The number of benzene rings is 1. The van der Waals surface area contributed by atoms with Crippen LogP contribution in [-0.4, -0.2) is 35.6 Å². The van der Waals surface area contributed by atoms with Crippen LogP contribution in [-0.2, 0) is 0 Å². The molecule has 112 valence electrons. The first-order valence-electron chi connectivity index (χ1n) is 6.61. The maximum absolute atomic E-state index is 13.7. The van der Waals surface area contributed by atoms with E-state index in [1.807, 2.05) is 27.9 Å². The minimum atomic E-state index is -0.461. The van der Waals surface area contributed by atoms with Crippen molar-refractivity contribution >= 4 is 11.9 Å². The number of hydrogen-bond acceptors (Lipinski definition) is 6. The zero-order valence-electron chi connectivity index (χ0n) is 12.5. The first-order valence-corrected chi connectivity index (χ1v) is 6.61. The van der Waals surface area contributed by atoms with Crippen molar-refractivity contribution in [2.24, 2.45) is 0 Å². The Bertz CT molecular complexity index is 633. The normalized spacial score (nSPS) is 10.3.